The lowest BCUT2D eigenvalue weighted by Crippen LogP contribution is -2.70. The summed E-state index contributed by atoms with van der Waals surface area (Å²) in [6.45, 7) is 4.98. The average molecular weight is 292 g/mol. The van der Waals surface area contributed by atoms with E-state index in [1.54, 1.807) is 20.8 Å². The monoisotopic (exact) mass is 292 g/mol. The smallest absolute Gasteiger partial charge is 0.343 e. The average Bonchev–Trinajstić information content (AvgIpc) is 3.10. The van der Waals surface area contributed by atoms with E-state index in [9.17, 15) is 22.8 Å². The Hall–Kier alpha value is -1.27. The molecule has 20 heavy (non-hydrogen) atoms. The van der Waals surface area contributed by atoms with E-state index < -0.39 is 35.6 Å². The first-order valence-corrected chi connectivity index (χ1v) is 6.86. The Morgan fingerprint density at radius 2 is 1.90 bits per heavy atom. The topological polar surface area (TPSA) is 49.4 Å². The third-order valence-electron chi connectivity index (χ3n) is 4.15. The highest BCUT2D eigenvalue weighted by Gasteiger charge is 2.71. The molecule has 1 saturated heterocycles. The van der Waals surface area contributed by atoms with E-state index in [4.69, 9.17) is 0 Å². The van der Waals surface area contributed by atoms with Crippen LogP contribution in [-0.2, 0) is 9.59 Å². The molecule has 0 bridgehead atoms. The SMILES string of the molecule is CCC1NC(=O)C(C(C)C)N(C2(C(F)(F)F)CC2)C1=O. The second-order valence-corrected chi connectivity index (χ2v) is 5.90. The lowest BCUT2D eigenvalue weighted by atomic mass is 9.93. The van der Waals surface area contributed by atoms with Crippen molar-refractivity contribution in [3.8, 4) is 0 Å². The van der Waals surface area contributed by atoms with Crippen molar-refractivity contribution < 1.29 is 22.8 Å². The van der Waals surface area contributed by atoms with Gasteiger partial charge in [0, 0.05) is 0 Å². The summed E-state index contributed by atoms with van der Waals surface area (Å²) in [6.07, 6.45) is -4.43. The Morgan fingerprint density at radius 3 is 2.25 bits per heavy atom. The van der Waals surface area contributed by atoms with E-state index in [1.165, 1.54) is 0 Å². The highest BCUT2D eigenvalue weighted by molar-refractivity contribution is 5.97. The van der Waals surface area contributed by atoms with E-state index in [2.05, 4.69) is 5.32 Å². The Kier molecular flexibility index (Phi) is 3.50. The molecule has 0 radical (unpaired) electrons. The van der Waals surface area contributed by atoms with Crippen LogP contribution in [0, 0.1) is 5.92 Å². The number of nitrogens with one attached hydrogen (secondary N) is 1. The summed E-state index contributed by atoms with van der Waals surface area (Å²) < 4.78 is 40.0. The van der Waals surface area contributed by atoms with Crippen molar-refractivity contribution in [2.45, 2.75) is 63.8 Å². The molecular formula is C13H19F3N2O2. The zero-order valence-corrected chi connectivity index (χ0v) is 11.8. The maximum absolute atomic E-state index is 13.3. The van der Waals surface area contributed by atoms with Gasteiger partial charge in [0.2, 0.25) is 11.8 Å². The molecule has 2 aliphatic rings. The highest BCUT2D eigenvalue weighted by atomic mass is 19.4. The lowest BCUT2D eigenvalue weighted by Gasteiger charge is -2.45. The fourth-order valence-electron chi connectivity index (χ4n) is 2.88. The molecule has 1 aliphatic heterocycles. The van der Waals surface area contributed by atoms with Crippen LogP contribution >= 0.6 is 0 Å². The normalized spacial score (nSPS) is 29.6. The maximum atomic E-state index is 13.3. The predicted molar refractivity (Wildman–Crippen MR) is 65.7 cm³/mol. The summed E-state index contributed by atoms with van der Waals surface area (Å²) in [6, 6.07) is -1.90. The molecule has 2 rings (SSSR count). The Morgan fingerprint density at radius 1 is 1.35 bits per heavy atom. The van der Waals surface area contributed by atoms with Gasteiger partial charge in [-0.1, -0.05) is 20.8 Å². The van der Waals surface area contributed by atoms with Gasteiger partial charge in [0.25, 0.3) is 0 Å². The van der Waals surface area contributed by atoms with Crippen molar-refractivity contribution in [2.24, 2.45) is 5.92 Å². The van der Waals surface area contributed by atoms with Crippen LogP contribution in [0.3, 0.4) is 0 Å². The second kappa shape index (κ2) is 4.63. The van der Waals surface area contributed by atoms with Gasteiger partial charge in [0.1, 0.15) is 17.6 Å². The first kappa shape index (κ1) is 15.1. The minimum Gasteiger partial charge on any atom is -0.343 e. The van der Waals surface area contributed by atoms with E-state index in [-0.39, 0.29) is 18.8 Å². The molecule has 2 atom stereocenters. The molecule has 0 spiro atoms. The summed E-state index contributed by atoms with van der Waals surface area (Å²) >= 11 is 0. The quantitative estimate of drug-likeness (QED) is 0.863. The number of nitrogens with zero attached hydrogens (tertiary/aromatic N) is 1. The van der Waals surface area contributed by atoms with Crippen LogP contribution in [-0.4, -0.2) is 40.5 Å². The number of hydrogen-bond acceptors (Lipinski definition) is 2. The molecule has 0 aromatic rings. The van der Waals surface area contributed by atoms with Crippen LogP contribution in [0.5, 0.6) is 0 Å². The van der Waals surface area contributed by atoms with Crippen LogP contribution in [0.2, 0.25) is 0 Å². The van der Waals surface area contributed by atoms with E-state index in [1.807, 2.05) is 0 Å². The highest BCUT2D eigenvalue weighted by Crippen LogP contribution is 2.55. The van der Waals surface area contributed by atoms with Crippen molar-refractivity contribution in [1.82, 2.24) is 10.2 Å². The predicted octanol–water partition coefficient (Wildman–Crippen LogP) is 1.84. The van der Waals surface area contributed by atoms with Gasteiger partial charge in [-0.2, -0.15) is 13.2 Å². The van der Waals surface area contributed by atoms with Gasteiger partial charge in [-0.05, 0) is 25.2 Å². The third kappa shape index (κ3) is 2.07. The van der Waals surface area contributed by atoms with Crippen molar-refractivity contribution in [3.05, 3.63) is 0 Å². The maximum Gasteiger partial charge on any atom is 0.411 e. The van der Waals surface area contributed by atoms with Gasteiger partial charge >= 0.3 is 6.18 Å². The number of amides is 2. The van der Waals surface area contributed by atoms with Crippen molar-refractivity contribution in [2.75, 3.05) is 0 Å². The summed E-state index contributed by atoms with van der Waals surface area (Å²) in [5, 5.41) is 2.53. The summed E-state index contributed by atoms with van der Waals surface area (Å²) in [4.78, 5) is 25.3. The first-order valence-electron chi connectivity index (χ1n) is 6.86. The fourth-order valence-corrected chi connectivity index (χ4v) is 2.88. The molecule has 7 heteroatoms. The fraction of sp³-hybridized carbons (Fsp3) is 0.846. The Labute approximate surface area is 115 Å². The van der Waals surface area contributed by atoms with E-state index >= 15 is 0 Å². The number of rotatable bonds is 3. The van der Waals surface area contributed by atoms with Gasteiger partial charge in [-0.3, -0.25) is 9.59 Å². The van der Waals surface area contributed by atoms with Crippen LogP contribution in [0.4, 0.5) is 13.2 Å². The van der Waals surface area contributed by atoms with E-state index in [0.717, 1.165) is 4.90 Å². The minimum atomic E-state index is -4.49. The molecule has 2 amide bonds. The summed E-state index contributed by atoms with van der Waals surface area (Å²) in [5.41, 5.74) is -2.13. The Bertz CT molecular complexity index is 430. The van der Waals surface area contributed by atoms with Gasteiger partial charge < -0.3 is 10.2 Å². The molecule has 0 aromatic carbocycles. The number of halogens is 3. The number of hydrogen-bond donors (Lipinski definition) is 1. The molecule has 1 aliphatic carbocycles. The number of alkyl halides is 3. The Balaban J connectivity index is 2.43. The van der Waals surface area contributed by atoms with Crippen LogP contribution in [0.1, 0.15) is 40.0 Å². The second-order valence-electron chi connectivity index (χ2n) is 5.90. The number of carbonyl (C=O) groups is 2. The van der Waals surface area contributed by atoms with Crippen LogP contribution in [0.15, 0.2) is 0 Å². The molecule has 1 heterocycles. The lowest BCUT2D eigenvalue weighted by molar-refractivity contribution is -0.211. The molecule has 114 valence electrons. The third-order valence-corrected chi connectivity index (χ3v) is 4.15. The largest absolute Gasteiger partial charge is 0.411 e. The van der Waals surface area contributed by atoms with Crippen molar-refractivity contribution in [1.29, 1.82) is 0 Å². The zero-order valence-electron chi connectivity index (χ0n) is 11.8. The van der Waals surface area contributed by atoms with Crippen molar-refractivity contribution in [3.63, 3.8) is 0 Å². The number of carbonyl (C=O) groups excluding carboxylic acids is 2. The molecule has 0 aromatic heterocycles. The summed E-state index contributed by atoms with van der Waals surface area (Å²) in [5.74, 6) is -1.46. The van der Waals surface area contributed by atoms with Gasteiger partial charge in [0.05, 0.1) is 0 Å². The van der Waals surface area contributed by atoms with Crippen LogP contribution in [0.25, 0.3) is 0 Å². The minimum absolute atomic E-state index is 0.116. The van der Waals surface area contributed by atoms with Crippen LogP contribution < -0.4 is 5.32 Å². The molecule has 4 nitrogen and oxygen atoms in total. The first-order chi connectivity index (χ1) is 9.15. The van der Waals surface area contributed by atoms with Crippen molar-refractivity contribution >= 4 is 11.8 Å². The van der Waals surface area contributed by atoms with E-state index in [0.29, 0.717) is 6.42 Å². The molecular weight excluding hydrogens is 273 g/mol. The van der Waals surface area contributed by atoms with Gasteiger partial charge in [-0.15, -0.1) is 0 Å². The molecule has 2 unspecified atom stereocenters. The molecule has 1 saturated carbocycles. The van der Waals surface area contributed by atoms with Gasteiger partial charge in [-0.25, -0.2) is 0 Å². The standard InChI is InChI=1S/C13H19F3N2O2/c1-4-8-11(20)18(9(7(2)3)10(19)17-8)12(5-6-12)13(14,15)16/h7-9H,4-6H2,1-3H3,(H,17,19). The number of piperazine rings is 1. The molecule has 2 fully saturated rings. The zero-order chi connectivity index (χ0) is 15.3. The summed E-state index contributed by atoms with van der Waals surface area (Å²) in [7, 11) is 0. The molecule has 1 N–H and O–H groups in total. The van der Waals surface area contributed by atoms with Gasteiger partial charge in [0.15, 0.2) is 0 Å².